The first-order valence-corrected chi connectivity index (χ1v) is 16.0. The standard InChI is InChI=1S/C44H28N2O2/c47-43-38-26-13-27-39(40(38)44(48)45(43)33-21-10-20-32(28-33)29-14-4-1-5-15-29)46-41-34(30-16-6-2-7-17-30)22-11-24-36(41)37-25-12-23-35(42(37)46)31-18-8-3-9-19-31/h1-28H. The van der Waals surface area contributed by atoms with Crippen LogP contribution < -0.4 is 4.90 Å². The number of hydrogen-bond donors (Lipinski definition) is 0. The first-order valence-electron chi connectivity index (χ1n) is 16.0. The normalized spacial score (nSPS) is 12.6. The van der Waals surface area contributed by atoms with E-state index in [1.54, 1.807) is 6.07 Å². The van der Waals surface area contributed by atoms with Crippen molar-refractivity contribution in [3.63, 3.8) is 0 Å². The van der Waals surface area contributed by atoms with E-state index in [1.165, 1.54) is 4.90 Å². The molecular formula is C44H28N2O2. The highest BCUT2D eigenvalue weighted by Crippen LogP contribution is 2.44. The average Bonchev–Trinajstić information content (AvgIpc) is 3.63. The van der Waals surface area contributed by atoms with Crippen LogP contribution in [0.1, 0.15) is 20.7 Å². The lowest BCUT2D eigenvalue weighted by molar-refractivity contribution is 0.0926. The Bertz CT molecular complexity index is 2440. The summed E-state index contributed by atoms with van der Waals surface area (Å²) >= 11 is 0. The molecule has 1 aliphatic heterocycles. The Balaban J connectivity index is 1.33. The van der Waals surface area contributed by atoms with Gasteiger partial charge in [-0.25, -0.2) is 4.90 Å². The number of amides is 2. The van der Waals surface area contributed by atoms with Crippen LogP contribution >= 0.6 is 0 Å². The van der Waals surface area contributed by atoms with Gasteiger partial charge in [0.2, 0.25) is 0 Å². The molecule has 4 heteroatoms. The Morgan fingerprint density at radius 1 is 0.375 bits per heavy atom. The maximum Gasteiger partial charge on any atom is 0.268 e. The smallest absolute Gasteiger partial charge is 0.268 e. The van der Waals surface area contributed by atoms with Crippen molar-refractivity contribution in [3.05, 3.63) is 181 Å². The average molecular weight is 617 g/mol. The number of hydrogen-bond acceptors (Lipinski definition) is 2. The summed E-state index contributed by atoms with van der Waals surface area (Å²) in [5, 5.41) is 2.15. The second-order valence-corrected chi connectivity index (χ2v) is 12.0. The number of imide groups is 1. The second-order valence-electron chi connectivity index (χ2n) is 12.0. The topological polar surface area (TPSA) is 42.3 Å². The molecule has 0 aliphatic carbocycles. The Hall–Kier alpha value is -6.52. The zero-order valence-electron chi connectivity index (χ0n) is 25.9. The van der Waals surface area contributed by atoms with Gasteiger partial charge in [0.25, 0.3) is 11.8 Å². The highest BCUT2D eigenvalue weighted by atomic mass is 16.2. The molecule has 0 saturated carbocycles. The van der Waals surface area contributed by atoms with Crippen LogP contribution in [0.3, 0.4) is 0 Å². The van der Waals surface area contributed by atoms with Crippen LogP contribution in [0, 0.1) is 0 Å². The van der Waals surface area contributed by atoms with Gasteiger partial charge >= 0.3 is 0 Å². The van der Waals surface area contributed by atoms with Gasteiger partial charge in [0, 0.05) is 21.9 Å². The monoisotopic (exact) mass is 616 g/mol. The molecular weight excluding hydrogens is 588 g/mol. The molecule has 0 N–H and O–H groups in total. The number of rotatable bonds is 5. The van der Waals surface area contributed by atoms with Crippen LogP contribution in [0.25, 0.3) is 60.9 Å². The molecule has 0 bridgehead atoms. The second kappa shape index (κ2) is 11.1. The van der Waals surface area contributed by atoms with Crippen molar-refractivity contribution in [2.75, 3.05) is 4.90 Å². The van der Waals surface area contributed by atoms with Crippen LogP contribution in [0.15, 0.2) is 170 Å². The third-order valence-electron chi connectivity index (χ3n) is 9.32. The highest BCUT2D eigenvalue weighted by molar-refractivity contribution is 6.36. The number of fused-ring (bicyclic) bond motifs is 4. The third-order valence-corrected chi connectivity index (χ3v) is 9.32. The lowest BCUT2D eigenvalue weighted by atomic mass is 10.0. The van der Waals surface area contributed by atoms with Crippen LogP contribution in [0.4, 0.5) is 5.69 Å². The molecule has 7 aromatic carbocycles. The molecule has 0 radical (unpaired) electrons. The van der Waals surface area contributed by atoms with Gasteiger partial charge in [0.1, 0.15) is 0 Å². The summed E-state index contributed by atoms with van der Waals surface area (Å²) in [4.78, 5) is 30.1. The largest absolute Gasteiger partial charge is 0.307 e. The van der Waals surface area contributed by atoms with Gasteiger partial charge in [-0.15, -0.1) is 0 Å². The summed E-state index contributed by atoms with van der Waals surface area (Å²) in [5.74, 6) is -0.658. The van der Waals surface area contributed by atoms with Crippen molar-refractivity contribution in [1.82, 2.24) is 4.57 Å². The maximum absolute atomic E-state index is 14.6. The molecule has 2 heterocycles. The van der Waals surface area contributed by atoms with Crippen LogP contribution in [-0.2, 0) is 0 Å². The number of carbonyl (C=O) groups excluding carboxylic acids is 2. The minimum Gasteiger partial charge on any atom is -0.307 e. The van der Waals surface area contributed by atoms with Gasteiger partial charge in [-0.2, -0.15) is 0 Å². The Labute approximate surface area is 277 Å². The van der Waals surface area contributed by atoms with E-state index in [0.717, 1.165) is 55.2 Å². The van der Waals surface area contributed by atoms with Crippen molar-refractivity contribution in [2.45, 2.75) is 0 Å². The fraction of sp³-hybridized carbons (Fsp3) is 0. The van der Waals surface area contributed by atoms with Crippen molar-refractivity contribution >= 4 is 39.3 Å². The number of para-hydroxylation sites is 2. The van der Waals surface area contributed by atoms with E-state index in [4.69, 9.17) is 0 Å². The van der Waals surface area contributed by atoms with Crippen LogP contribution in [-0.4, -0.2) is 16.4 Å². The quantitative estimate of drug-likeness (QED) is 0.181. The molecule has 1 aliphatic rings. The van der Waals surface area contributed by atoms with E-state index in [2.05, 4.69) is 65.2 Å². The molecule has 0 unspecified atom stereocenters. The van der Waals surface area contributed by atoms with Crippen molar-refractivity contribution in [3.8, 4) is 39.1 Å². The summed E-state index contributed by atoms with van der Waals surface area (Å²) in [6.45, 7) is 0. The first kappa shape index (κ1) is 27.8. The summed E-state index contributed by atoms with van der Waals surface area (Å²) in [5.41, 5.74) is 10.2. The van der Waals surface area contributed by atoms with Crippen molar-refractivity contribution in [2.24, 2.45) is 0 Å². The summed E-state index contributed by atoms with van der Waals surface area (Å²) < 4.78 is 2.21. The number of nitrogens with zero attached hydrogens (tertiary/aromatic N) is 2. The van der Waals surface area contributed by atoms with Crippen molar-refractivity contribution in [1.29, 1.82) is 0 Å². The Kier molecular flexibility index (Phi) is 6.41. The first-order chi connectivity index (χ1) is 23.7. The van der Waals surface area contributed by atoms with Crippen LogP contribution in [0.5, 0.6) is 0 Å². The zero-order valence-corrected chi connectivity index (χ0v) is 25.9. The van der Waals surface area contributed by atoms with E-state index in [-0.39, 0.29) is 11.8 Å². The highest BCUT2D eigenvalue weighted by Gasteiger charge is 2.39. The van der Waals surface area contributed by atoms with E-state index in [0.29, 0.717) is 22.5 Å². The van der Waals surface area contributed by atoms with Gasteiger partial charge in [0.05, 0.1) is 33.5 Å². The lowest BCUT2D eigenvalue weighted by Gasteiger charge is -2.17. The minimum absolute atomic E-state index is 0.325. The summed E-state index contributed by atoms with van der Waals surface area (Å²) in [7, 11) is 0. The number of carbonyl (C=O) groups is 2. The maximum atomic E-state index is 14.6. The number of anilines is 1. The van der Waals surface area contributed by atoms with Crippen LogP contribution in [0.2, 0.25) is 0 Å². The van der Waals surface area contributed by atoms with Crippen molar-refractivity contribution < 1.29 is 9.59 Å². The van der Waals surface area contributed by atoms with Gasteiger partial charge in [-0.3, -0.25) is 9.59 Å². The molecule has 0 fully saturated rings. The molecule has 4 nitrogen and oxygen atoms in total. The van der Waals surface area contributed by atoms with E-state index >= 15 is 0 Å². The lowest BCUT2D eigenvalue weighted by Crippen LogP contribution is -2.29. The molecule has 0 spiro atoms. The Morgan fingerprint density at radius 3 is 1.44 bits per heavy atom. The van der Waals surface area contributed by atoms with E-state index in [9.17, 15) is 9.59 Å². The van der Waals surface area contributed by atoms with Gasteiger partial charge in [-0.1, -0.05) is 146 Å². The fourth-order valence-corrected chi connectivity index (χ4v) is 7.20. The zero-order chi connectivity index (χ0) is 32.2. The molecule has 1 aromatic heterocycles. The predicted molar refractivity (Wildman–Crippen MR) is 195 cm³/mol. The molecule has 0 atom stereocenters. The minimum atomic E-state index is -0.333. The summed E-state index contributed by atoms with van der Waals surface area (Å²) in [6, 6.07) is 56.6. The molecule has 8 aromatic rings. The van der Waals surface area contributed by atoms with Gasteiger partial charge < -0.3 is 4.57 Å². The SMILES string of the molecule is O=C1c2cccc(-n3c4c(-c5ccccc5)cccc4c4cccc(-c5ccccc5)c43)c2C(=O)N1c1cccc(-c2ccccc2)c1. The van der Waals surface area contributed by atoms with E-state index < -0.39 is 0 Å². The molecule has 2 amide bonds. The fourth-order valence-electron chi connectivity index (χ4n) is 7.20. The Morgan fingerprint density at radius 2 is 0.854 bits per heavy atom. The number of aromatic nitrogens is 1. The van der Waals surface area contributed by atoms with Gasteiger partial charge in [-0.05, 0) is 46.5 Å². The predicted octanol–water partition coefficient (Wildman–Crippen LogP) is 10.6. The third kappa shape index (κ3) is 4.24. The molecule has 48 heavy (non-hydrogen) atoms. The van der Waals surface area contributed by atoms with Gasteiger partial charge in [0.15, 0.2) is 0 Å². The molecule has 9 rings (SSSR count). The molecule has 226 valence electrons. The van der Waals surface area contributed by atoms with E-state index in [1.807, 2.05) is 103 Å². The molecule has 0 saturated heterocycles. The number of benzene rings is 7. The summed E-state index contributed by atoms with van der Waals surface area (Å²) in [6.07, 6.45) is 0.